The molecule has 0 spiro atoms. The number of nitrogens with zero attached hydrogens (tertiary/aromatic N) is 1. The van der Waals surface area contributed by atoms with Gasteiger partial charge >= 0.3 is 0 Å². The van der Waals surface area contributed by atoms with Crippen molar-refractivity contribution in [1.82, 2.24) is 4.90 Å². The fraction of sp³-hybridized carbons (Fsp3) is 0.588. The van der Waals surface area contributed by atoms with E-state index in [-0.39, 0.29) is 25.3 Å². The molecule has 0 bridgehead atoms. The van der Waals surface area contributed by atoms with Crippen molar-refractivity contribution in [1.29, 1.82) is 0 Å². The third-order valence-corrected chi connectivity index (χ3v) is 4.99. The van der Waals surface area contributed by atoms with E-state index in [1.54, 1.807) is 7.11 Å². The van der Waals surface area contributed by atoms with Gasteiger partial charge < -0.3 is 15.4 Å². The summed E-state index contributed by atoms with van der Waals surface area (Å²) in [5, 5.41) is 0. The topological polar surface area (TPSA) is 55.6 Å². The van der Waals surface area contributed by atoms with Crippen LogP contribution in [0, 0.1) is 0 Å². The number of amides is 1. The summed E-state index contributed by atoms with van der Waals surface area (Å²) in [6.07, 6.45) is 0.984. The second kappa shape index (κ2) is 5.74. The first-order valence-corrected chi connectivity index (χ1v) is 8.00. The van der Waals surface area contributed by atoms with Gasteiger partial charge in [0.1, 0.15) is 11.3 Å². The van der Waals surface area contributed by atoms with Gasteiger partial charge in [0.25, 0.3) is 0 Å². The van der Waals surface area contributed by atoms with Crippen molar-refractivity contribution >= 4 is 5.91 Å². The summed E-state index contributed by atoms with van der Waals surface area (Å²) in [5.41, 5.74) is 7.03. The smallest absolute Gasteiger partial charge is 0.249 e. The van der Waals surface area contributed by atoms with E-state index in [0.29, 0.717) is 25.8 Å². The maximum absolute atomic E-state index is 13.5. The van der Waals surface area contributed by atoms with E-state index in [4.69, 9.17) is 10.5 Å². The van der Waals surface area contributed by atoms with Gasteiger partial charge in [-0.3, -0.25) is 4.79 Å². The zero-order valence-corrected chi connectivity index (χ0v) is 13.3. The van der Waals surface area contributed by atoms with Crippen molar-refractivity contribution in [2.24, 2.45) is 5.73 Å². The molecule has 1 aliphatic heterocycles. The van der Waals surface area contributed by atoms with Crippen LogP contribution in [0.1, 0.15) is 36.8 Å². The zero-order chi connectivity index (χ0) is 16.7. The molecule has 0 aromatic heterocycles. The standard InChI is InChI=1S/C17H22F2N2O2/c1-23-14-5-2-4-13-12(14)6-8-17(13,20)15(22)21-10-3-7-16(18,19)9-11-21/h2,4-5H,3,6-11,20H2,1H3. The first-order valence-electron chi connectivity index (χ1n) is 8.00. The number of likely N-dealkylation sites (tertiary alicyclic amines) is 1. The summed E-state index contributed by atoms with van der Waals surface area (Å²) in [7, 11) is 1.59. The first kappa shape index (κ1) is 16.2. The highest BCUT2D eigenvalue weighted by molar-refractivity contribution is 5.89. The first-order chi connectivity index (χ1) is 10.9. The van der Waals surface area contributed by atoms with Crippen molar-refractivity contribution in [2.45, 2.75) is 43.6 Å². The second-order valence-electron chi connectivity index (χ2n) is 6.46. The molecule has 1 unspecified atom stereocenters. The predicted molar refractivity (Wildman–Crippen MR) is 82.6 cm³/mol. The molecule has 0 radical (unpaired) electrons. The molecule has 0 saturated carbocycles. The van der Waals surface area contributed by atoms with Gasteiger partial charge in [0.2, 0.25) is 11.8 Å². The number of carbonyl (C=O) groups excluding carboxylic acids is 1. The number of ether oxygens (including phenoxy) is 1. The lowest BCUT2D eigenvalue weighted by molar-refractivity contribution is -0.137. The second-order valence-corrected chi connectivity index (χ2v) is 6.46. The molecule has 1 heterocycles. The quantitative estimate of drug-likeness (QED) is 0.909. The minimum Gasteiger partial charge on any atom is -0.496 e. The van der Waals surface area contributed by atoms with Gasteiger partial charge in [0.15, 0.2) is 0 Å². The van der Waals surface area contributed by atoms with Crippen LogP contribution in [0.25, 0.3) is 0 Å². The Kier molecular flexibility index (Phi) is 4.04. The fourth-order valence-corrected chi connectivity index (χ4v) is 3.66. The molecule has 1 amide bonds. The minimum absolute atomic E-state index is 0.0596. The number of hydrogen-bond donors (Lipinski definition) is 1. The predicted octanol–water partition coefficient (Wildman–Crippen LogP) is 2.44. The summed E-state index contributed by atoms with van der Waals surface area (Å²) >= 11 is 0. The lowest BCUT2D eigenvalue weighted by Gasteiger charge is -2.31. The van der Waals surface area contributed by atoms with Crippen LogP contribution in [0.2, 0.25) is 0 Å². The summed E-state index contributed by atoms with van der Waals surface area (Å²) < 4.78 is 32.4. The average Bonchev–Trinajstić information content (AvgIpc) is 2.77. The monoisotopic (exact) mass is 324 g/mol. The number of carbonyl (C=O) groups is 1. The Hall–Kier alpha value is -1.69. The summed E-state index contributed by atoms with van der Waals surface area (Å²) in [6, 6.07) is 5.51. The molecule has 4 nitrogen and oxygen atoms in total. The molecular weight excluding hydrogens is 302 g/mol. The van der Waals surface area contributed by atoms with Crippen LogP contribution in [0.4, 0.5) is 8.78 Å². The molecule has 1 saturated heterocycles. The number of alkyl halides is 2. The Labute approximate surface area is 134 Å². The molecule has 126 valence electrons. The van der Waals surface area contributed by atoms with Gasteiger partial charge in [-0.05, 0) is 36.5 Å². The molecule has 2 N–H and O–H groups in total. The van der Waals surface area contributed by atoms with E-state index in [9.17, 15) is 13.6 Å². The van der Waals surface area contributed by atoms with Gasteiger partial charge in [-0.25, -0.2) is 8.78 Å². The molecule has 23 heavy (non-hydrogen) atoms. The highest BCUT2D eigenvalue weighted by Crippen LogP contribution is 2.41. The molecule has 1 fully saturated rings. The van der Waals surface area contributed by atoms with Gasteiger partial charge in [-0.1, -0.05) is 12.1 Å². The highest BCUT2D eigenvalue weighted by atomic mass is 19.3. The van der Waals surface area contributed by atoms with E-state index in [0.717, 1.165) is 16.9 Å². The highest BCUT2D eigenvalue weighted by Gasteiger charge is 2.46. The average molecular weight is 324 g/mol. The Morgan fingerprint density at radius 1 is 1.26 bits per heavy atom. The number of hydrogen-bond acceptors (Lipinski definition) is 3. The van der Waals surface area contributed by atoms with Gasteiger partial charge in [0.05, 0.1) is 7.11 Å². The number of rotatable bonds is 2. The Morgan fingerprint density at radius 3 is 2.78 bits per heavy atom. The maximum Gasteiger partial charge on any atom is 0.249 e. The Morgan fingerprint density at radius 2 is 2.04 bits per heavy atom. The zero-order valence-electron chi connectivity index (χ0n) is 13.3. The summed E-state index contributed by atoms with van der Waals surface area (Å²) in [5.74, 6) is -2.21. The minimum atomic E-state index is -2.69. The SMILES string of the molecule is COc1cccc2c1CCC2(N)C(=O)N1CCCC(F)(F)CC1. The molecule has 3 rings (SSSR count). The van der Waals surface area contributed by atoms with Crippen LogP contribution < -0.4 is 10.5 Å². The van der Waals surface area contributed by atoms with Crippen molar-refractivity contribution in [3.05, 3.63) is 29.3 Å². The van der Waals surface area contributed by atoms with Crippen LogP contribution in [0.5, 0.6) is 5.75 Å². The van der Waals surface area contributed by atoms with E-state index in [2.05, 4.69) is 0 Å². The number of benzene rings is 1. The van der Waals surface area contributed by atoms with Crippen LogP contribution in [-0.4, -0.2) is 36.9 Å². The van der Waals surface area contributed by atoms with Crippen molar-refractivity contribution < 1.29 is 18.3 Å². The normalized spacial score (nSPS) is 26.5. The van der Waals surface area contributed by atoms with Gasteiger partial charge in [-0.2, -0.15) is 0 Å². The van der Waals surface area contributed by atoms with Crippen molar-refractivity contribution in [3.63, 3.8) is 0 Å². The largest absolute Gasteiger partial charge is 0.496 e. The molecule has 6 heteroatoms. The van der Waals surface area contributed by atoms with Gasteiger partial charge in [0, 0.05) is 25.9 Å². The Bertz CT molecular complexity index is 621. The molecule has 1 aromatic rings. The van der Waals surface area contributed by atoms with Gasteiger partial charge in [-0.15, -0.1) is 0 Å². The van der Waals surface area contributed by atoms with E-state index in [1.807, 2.05) is 18.2 Å². The molecular formula is C17H22F2N2O2. The van der Waals surface area contributed by atoms with Crippen molar-refractivity contribution in [3.8, 4) is 5.75 Å². The fourth-order valence-electron chi connectivity index (χ4n) is 3.66. The van der Waals surface area contributed by atoms with Crippen LogP contribution in [-0.2, 0) is 16.8 Å². The molecule has 1 aromatic carbocycles. The number of halogens is 2. The van der Waals surface area contributed by atoms with E-state index < -0.39 is 11.5 Å². The molecule has 1 aliphatic carbocycles. The maximum atomic E-state index is 13.5. The third kappa shape index (κ3) is 2.80. The molecule has 1 atom stereocenters. The van der Waals surface area contributed by atoms with Crippen LogP contribution in [0.3, 0.4) is 0 Å². The van der Waals surface area contributed by atoms with E-state index >= 15 is 0 Å². The summed E-state index contributed by atoms with van der Waals surface area (Å²) in [4.78, 5) is 14.5. The lowest BCUT2D eigenvalue weighted by atomic mass is 9.91. The summed E-state index contributed by atoms with van der Waals surface area (Å²) in [6.45, 7) is 0.400. The number of nitrogens with two attached hydrogens (primary N) is 1. The lowest BCUT2D eigenvalue weighted by Crippen LogP contribution is -2.52. The van der Waals surface area contributed by atoms with Crippen LogP contribution in [0.15, 0.2) is 18.2 Å². The Balaban J connectivity index is 1.87. The molecule has 2 aliphatic rings. The van der Waals surface area contributed by atoms with Crippen LogP contribution >= 0.6 is 0 Å². The third-order valence-electron chi connectivity index (χ3n) is 4.99. The van der Waals surface area contributed by atoms with Crippen molar-refractivity contribution in [2.75, 3.05) is 20.2 Å². The number of methoxy groups -OCH3 is 1. The van der Waals surface area contributed by atoms with E-state index in [1.165, 1.54) is 4.90 Å². The number of fused-ring (bicyclic) bond motifs is 1.